The molecular weight excluding hydrogens is 316 g/mol. The molecule has 2 heterocycles. The summed E-state index contributed by atoms with van der Waals surface area (Å²) in [5.41, 5.74) is 2.02. The van der Waals surface area contributed by atoms with Gasteiger partial charge in [-0.1, -0.05) is 18.2 Å². The molecule has 1 aliphatic heterocycles. The van der Waals surface area contributed by atoms with Crippen LogP contribution in [0, 0.1) is 6.92 Å². The van der Waals surface area contributed by atoms with Crippen molar-refractivity contribution in [3.8, 4) is 5.69 Å². The van der Waals surface area contributed by atoms with Crippen LogP contribution in [0.2, 0.25) is 0 Å². The van der Waals surface area contributed by atoms with Crippen LogP contribution in [0.1, 0.15) is 32.4 Å². The molecule has 1 aliphatic rings. The summed E-state index contributed by atoms with van der Waals surface area (Å²) in [5.74, 6) is 0.0789. The first-order chi connectivity index (χ1) is 11.9. The van der Waals surface area contributed by atoms with Crippen molar-refractivity contribution in [2.75, 3.05) is 11.9 Å². The number of anilines is 1. The van der Waals surface area contributed by atoms with Gasteiger partial charge in [0, 0.05) is 19.6 Å². The van der Waals surface area contributed by atoms with Crippen molar-refractivity contribution in [2.45, 2.75) is 45.7 Å². The van der Waals surface area contributed by atoms with Gasteiger partial charge in [0.25, 0.3) is 5.56 Å². The quantitative estimate of drug-likeness (QED) is 0.927. The number of hydrogen-bond acceptors (Lipinski definition) is 3. The molecule has 2 aromatic rings. The van der Waals surface area contributed by atoms with Gasteiger partial charge in [-0.3, -0.25) is 14.3 Å². The third-order valence-electron chi connectivity index (χ3n) is 4.97. The minimum atomic E-state index is -0.339. The highest BCUT2D eigenvalue weighted by Gasteiger charge is 2.31. The van der Waals surface area contributed by atoms with Gasteiger partial charge in [0.2, 0.25) is 5.91 Å². The summed E-state index contributed by atoms with van der Waals surface area (Å²) in [4.78, 5) is 27.5. The lowest BCUT2D eigenvalue weighted by molar-refractivity contribution is -0.136. The Balaban J connectivity index is 1.94. The normalized spacial score (nSPS) is 18.0. The molecule has 134 valence electrons. The number of para-hydroxylation sites is 1. The molecule has 25 heavy (non-hydrogen) atoms. The van der Waals surface area contributed by atoms with Crippen LogP contribution in [0.15, 0.2) is 35.1 Å². The topological polar surface area (TPSA) is 59.3 Å². The van der Waals surface area contributed by atoms with E-state index in [0.717, 1.165) is 30.8 Å². The summed E-state index contributed by atoms with van der Waals surface area (Å²) in [6, 6.07) is 9.37. The molecule has 3 rings (SSSR count). The minimum Gasteiger partial charge on any atom is -0.368 e. The number of aromatic nitrogens is 2. The Morgan fingerprint density at radius 3 is 2.48 bits per heavy atom. The third kappa shape index (κ3) is 3.08. The van der Waals surface area contributed by atoms with Crippen molar-refractivity contribution in [3.63, 3.8) is 0 Å². The molecule has 0 aliphatic carbocycles. The van der Waals surface area contributed by atoms with E-state index in [1.165, 1.54) is 0 Å². The third-order valence-corrected chi connectivity index (χ3v) is 4.97. The molecule has 6 nitrogen and oxygen atoms in total. The van der Waals surface area contributed by atoms with Crippen molar-refractivity contribution >= 4 is 11.6 Å². The van der Waals surface area contributed by atoms with Gasteiger partial charge in [0.1, 0.15) is 11.7 Å². The predicted molar refractivity (Wildman–Crippen MR) is 99.2 cm³/mol. The molecule has 0 spiro atoms. The van der Waals surface area contributed by atoms with Crippen LogP contribution in [0.25, 0.3) is 5.69 Å². The summed E-state index contributed by atoms with van der Waals surface area (Å²) < 4.78 is 3.46. The van der Waals surface area contributed by atoms with Crippen LogP contribution in [0.5, 0.6) is 0 Å². The van der Waals surface area contributed by atoms with Crippen LogP contribution in [-0.2, 0) is 11.8 Å². The molecule has 1 amide bonds. The Labute approximate surface area is 148 Å². The average molecular weight is 342 g/mol. The highest BCUT2D eigenvalue weighted by Crippen LogP contribution is 2.20. The van der Waals surface area contributed by atoms with Gasteiger partial charge in [-0.15, -0.1) is 0 Å². The largest absolute Gasteiger partial charge is 0.368 e. The summed E-state index contributed by atoms with van der Waals surface area (Å²) in [5, 5.41) is 3.24. The first-order valence-corrected chi connectivity index (χ1v) is 8.83. The van der Waals surface area contributed by atoms with E-state index in [2.05, 4.69) is 5.32 Å². The fourth-order valence-electron chi connectivity index (χ4n) is 3.45. The fraction of sp³-hybridized carbons (Fsp3) is 0.474. The number of carbonyl (C=O) groups excluding carboxylic acids is 1. The van der Waals surface area contributed by atoms with E-state index in [4.69, 9.17) is 0 Å². The Morgan fingerprint density at radius 2 is 1.84 bits per heavy atom. The van der Waals surface area contributed by atoms with Crippen molar-refractivity contribution in [3.05, 3.63) is 46.4 Å². The molecular formula is C19H26N4O2. The van der Waals surface area contributed by atoms with Gasteiger partial charge >= 0.3 is 0 Å². The number of amides is 1. The summed E-state index contributed by atoms with van der Waals surface area (Å²) >= 11 is 0. The molecule has 0 radical (unpaired) electrons. The van der Waals surface area contributed by atoms with E-state index in [0.29, 0.717) is 5.69 Å². The van der Waals surface area contributed by atoms with E-state index in [1.54, 1.807) is 4.68 Å². The Kier molecular flexibility index (Phi) is 4.70. The van der Waals surface area contributed by atoms with E-state index in [1.807, 2.05) is 67.7 Å². The molecule has 6 heteroatoms. The summed E-state index contributed by atoms with van der Waals surface area (Å²) in [6.07, 6.45) is 1.70. The Morgan fingerprint density at radius 1 is 1.16 bits per heavy atom. The van der Waals surface area contributed by atoms with Crippen LogP contribution in [0.3, 0.4) is 0 Å². The van der Waals surface area contributed by atoms with Crippen LogP contribution < -0.4 is 10.9 Å². The van der Waals surface area contributed by atoms with Gasteiger partial charge < -0.3 is 10.2 Å². The lowest BCUT2D eigenvalue weighted by Crippen LogP contribution is -2.50. The van der Waals surface area contributed by atoms with Crippen molar-refractivity contribution in [1.82, 2.24) is 14.3 Å². The number of piperidine rings is 1. The van der Waals surface area contributed by atoms with Crippen LogP contribution >= 0.6 is 0 Å². The maximum Gasteiger partial charge on any atom is 0.295 e. The molecule has 0 saturated carbocycles. The van der Waals surface area contributed by atoms with Gasteiger partial charge in [-0.05, 0) is 45.7 Å². The van der Waals surface area contributed by atoms with Crippen molar-refractivity contribution < 1.29 is 4.79 Å². The number of nitrogens with zero attached hydrogens (tertiary/aromatic N) is 3. The maximum atomic E-state index is 13.0. The summed E-state index contributed by atoms with van der Waals surface area (Å²) in [6.45, 7) is 6.74. The highest BCUT2D eigenvalue weighted by atomic mass is 16.2. The second-order valence-corrected chi connectivity index (χ2v) is 6.90. The van der Waals surface area contributed by atoms with E-state index >= 15 is 0 Å². The lowest BCUT2D eigenvalue weighted by Gasteiger charge is -2.35. The highest BCUT2D eigenvalue weighted by molar-refractivity contribution is 5.85. The van der Waals surface area contributed by atoms with Gasteiger partial charge in [0.15, 0.2) is 0 Å². The molecule has 0 unspecified atom stereocenters. The molecule has 1 aromatic heterocycles. The zero-order chi connectivity index (χ0) is 18.1. The van der Waals surface area contributed by atoms with Crippen molar-refractivity contribution in [1.29, 1.82) is 0 Å². The van der Waals surface area contributed by atoms with Crippen LogP contribution in [-0.4, -0.2) is 38.8 Å². The van der Waals surface area contributed by atoms with E-state index < -0.39 is 0 Å². The monoisotopic (exact) mass is 342 g/mol. The second kappa shape index (κ2) is 6.78. The van der Waals surface area contributed by atoms with Crippen LogP contribution in [0.4, 0.5) is 5.69 Å². The lowest BCUT2D eigenvalue weighted by atomic mass is 10.0. The number of rotatable bonds is 4. The van der Waals surface area contributed by atoms with E-state index in [-0.39, 0.29) is 23.6 Å². The second-order valence-electron chi connectivity index (χ2n) is 6.90. The Hall–Kier alpha value is -2.50. The first-order valence-electron chi connectivity index (χ1n) is 8.83. The zero-order valence-corrected chi connectivity index (χ0v) is 15.3. The summed E-state index contributed by atoms with van der Waals surface area (Å²) in [7, 11) is 1.86. The zero-order valence-electron chi connectivity index (χ0n) is 15.3. The van der Waals surface area contributed by atoms with E-state index in [9.17, 15) is 9.59 Å². The smallest absolute Gasteiger partial charge is 0.295 e. The van der Waals surface area contributed by atoms with Gasteiger partial charge in [-0.25, -0.2) is 4.68 Å². The molecule has 1 saturated heterocycles. The van der Waals surface area contributed by atoms with Gasteiger partial charge in [-0.2, -0.15) is 0 Å². The minimum absolute atomic E-state index is 0.0789. The Bertz CT molecular complexity index is 820. The number of benzene rings is 1. The predicted octanol–water partition coefficient (Wildman–Crippen LogP) is 2.30. The number of nitrogens with one attached hydrogen (secondary N) is 1. The molecule has 0 bridgehead atoms. The fourth-order valence-corrected chi connectivity index (χ4v) is 3.45. The molecule has 1 atom stereocenters. The molecule has 1 aromatic carbocycles. The maximum absolute atomic E-state index is 13.0. The standard InChI is InChI=1S/C19H26N4O2/c1-13(2)22-12-8-11-16(18(22)24)20-17-14(3)21(4)23(19(17)25)15-9-6-5-7-10-15/h5-7,9-10,13,16,20H,8,11-12H2,1-4H3/t16-/m0/s1. The SMILES string of the molecule is Cc1c(N[C@H]2CCCN(C(C)C)C2=O)c(=O)n(-c2ccccc2)n1C. The molecule has 1 fully saturated rings. The number of hydrogen-bond donors (Lipinski definition) is 1. The first kappa shape index (κ1) is 17.3. The van der Waals surface area contributed by atoms with Gasteiger partial charge in [0.05, 0.1) is 11.4 Å². The number of likely N-dealkylation sites (tertiary alicyclic amines) is 1. The van der Waals surface area contributed by atoms with Crippen molar-refractivity contribution in [2.24, 2.45) is 7.05 Å². The average Bonchev–Trinajstić information content (AvgIpc) is 2.80. The number of carbonyl (C=O) groups is 1. The molecule has 1 N–H and O–H groups in total.